The molecule has 2 aromatic carbocycles. The smallest absolute Gasteiger partial charge is 0.336 e. The van der Waals surface area contributed by atoms with Crippen molar-refractivity contribution >= 4 is 11.8 Å². The van der Waals surface area contributed by atoms with Crippen molar-refractivity contribution in [2.45, 2.75) is 45.4 Å². The monoisotopic (exact) mass is 417 g/mol. The third-order valence-corrected chi connectivity index (χ3v) is 5.60. The molecule has 31 heavy (non-hydrogen) atoms. The van der Waals surface area contributed by atoms with Crippen molar-refractivity contribution in [3.8, 4) is 11.5 Å². The molecular weight excluding hydrogens is 390 g/mol. The largest absolute Gasteiger partial charge is 0.462 e. The molecule has 5 heteroatoms. The minimum atomic E-state index is -0.465. The first-order valence-electron chi connectivity index (χ1n) is 10.8. The minimum absolute atomic E-state index is 0.0847. The first-order valence-corrected chi connectivity index (χ1v) is 10.8. The Morgan fingerprint density at radius 3 is 2.61 bits per heavy atom. The third-order valence-electron chi connectivity index (χ3n) is 5.60. The zero-order valence-electron chi connectivity index (χ0n) is 17.9. The summed E-state index contributed by atoms with van der Waals surface area (Å²) in [5.41, 5.74) is 3.69. The van der Waals surface area contributed by atoms with E-state index < -0.39 is 5.92 Å². The molecule has 1 aliphatic carbocycles. The maximum Gasteiger partial charge on any atom is 0.336 e. The molecule has 4 rings (SSSR count). The van der Waals surface area contributed by atoms with Crippen LogP contribution in [0.5, 0.6) is 11.5 Å². The number of ether oxygens (including phenoxy) is 2. The average molecular weight is 418 g/mol. The lowest BCUT2D eigenvalue weighted by molar-refractivity contribution is -0.139. The quantitative estimate of drug-likeness (QED) is 0.638. The molecule has 0 amide bonds. The number of nitrogens with one attached hydrogen (secondary N) is 1. The molecule has 1 N–H and O–H groups in total. The van der Waals surface area contributed by atoms with E-state index in [0.717, 1.165) is 42.0 Å². The summed E-state index contributed by atoms with van der Waals surface area (Å²) in [5, 5.41) is 3.32. The van der Waals surface area contributed by atoms with Crippen LogP contribution in [-0.2, 0) is 14.3 Å². The van der Waals surface area contributed by atoms with Crippen LogP contribution < -0.4 is 10.1 Å². The molecule has 1 aliphatic heterocycles. The zero-order valence-corrected chi connectivity index (χ0v) is 17.9. The van der Waals surface area contributed by atoms with Crippen molar-refractivity contribution in [2.24, 2.45) is 0 Å². The van der Waals surface area contributed by atoms with Gasteiger partial charge in [0.2, 0.25) is 0 Å². The van der Waals surface area contributed by atoms with E-state index in [2.05, 4.69) is 5.32 Å². The minimum Gasteiger partial charge on any atom is -0.462 e. The Morgan fingerprint density at radius 2 is 1.84 bits per heavy atom. The van der Waals surface area contributed by atoms with E-state index in [0.29, 0.717) is 29.9 Å². The number of hydrogen-bond donors (Lipinski definition) is 1. The SMILES string of the molecule is CCCOC(=O)C1=C(C)NC2=C(C(=O)CCC2)C1c1cccc(Oc2ccccc2)c1. The Kier molecular flexibility index (Phi) is 6.21. The number of allylic oxidation sites excluding steroid dienone is 3. The van der Waals surface area contributed by atoms with Gasteiger partial charge in [-0.3, -0.25) is 4.79 Å². The second-order valence-electron chi connectivity index (χ2n) is 7.89. The van der Waals surface area contributed by atoms with Gasteiger partial charge in [0.25, 0.3) is 0 Å². The lowest BCUT2D eigenvalue weighted by Gasteiger charge is -2.34. The van der Waals surface area contributed by atoms with Crippen molar-refractivity contribution < 1.29 is 19.1 Å². The number of carbonyl (C=O) groups is 2. The molecule has 5 nitrogen and oxygen atoms in total. The van der Waals surface area contributed by atoms with Gasteiger partial charge in [-0.2, -0.15) is 0 Å². The predicted molar refractivity (Wildman–Crippen MR) is 119 cm³/mol. The van der Waals surface area contributed by atoms with Gasteiger partial charge in [0.15, 0.2) is 5.78 Å². The van der Waals surface area contributed by atoms with E-state index in [-0.39, 0.29) is 11.8 Å². The molecule has 0 spiro atoms. The van der Waals surface area contributed by atoms with E-state index in [1.807, 2.05) is 68.4 Å². The van der Waals surface area contributed by atoms with Crippen molar-refractivity contribution in [1.29, 1.82) is 0 Å². The van der Waals surface area contributed by atoms with Crippen LogP contribution in [0.2, 0.25) is 0 Å². The van der Waals surface area contributed by atoms with Gasteiger partial charge in [-0.1, -0.05) is 37.3 Å². The number of Topliss-reactive ketones (excluding diaryl/α,β-unsaturated/α-hetero) is 1. The summed E-state index contributed by atoms with van der Waals surface area (Å²) in [6, 6.07) is 17.2. The Bertz CT molecular complexity index is 1050. The Labute approximate surface area is 182 Å². The van der Waals surface area contributed by atoms with E-state index in [1.165, 1.54) is 0 Å². The fraction of sp³-hybridized carbons (Fsp3) is 0.308. The molecule has 0 radical (unpaired) electrons. The van der Waals surface area contributed by atoms with Crippen molar-refractivity contribution in [3.05, 3.63) is 82.7 Å². The van der Waals surface area contributed by atoms with Gasteiger partial charge >= 0.3 is 5.97 Å². The topological polar surface area (TPSA) is 64.6 Å². The number of esters is 1. The van der Waals surface area contributed by atoms with Crippen LogP contribution in [0.15, 0.2) is 77.1 Å². The highest BCUT2D eigenvalue weighted by atomic mass is 16.5. The number of carbonyl (C=O) groups excluding carboxylic acids is 2. The van der Waals surface area contributed by atoms with E-state index in [1.54, 1.807) is 0 Å². The lowest BCUT2D eigenvalue weighted by atomic mass is 9.75. The van der Waals surface area contributed by atoms with Crippen LogP contribution in [-0.4, -0.2) is 18.4 Å². The van der Waals surface area contributed by atoms with Crippen molar-refractivity contribution in [1.82, 2.24) is 5.32 Å². The van der Waals surface area contributed by atoms with Gasteiger partial charge in [-0.25, -0.2) is 4.79 Å². The van der Waals surface area contributed by atoms with E-state index in [4.69, 9.17) is 9.47 Å². The maximum atomic E-state index is 13.0. The van der Waals surface area contributed by atoms with E-state index in [9.17, 15) is 9.59 Å². The summed E-state index contributed by atoms with van der Waals surface area (Å²) >= 11 is 0. The van der Waals surface area contributed by atoms with Crippen LogP contribution in [0.1, 0.15) is 51.0 Å². The number of ketones is 1. The first-order chi connectivity index (χ1) is 15.1. The zero-order chi connectivity index (χ0) is 21.8. The highest BCUT2D eigenvalue weighted by Gasteiger charge is 2.39. The van der Waals surface area contributed by atoms with E-state index >= 15 is 0 Å². The molecule has 160 valence electrons. The summed E-state index contributed by atoms with van der Waals surface area (Å²) in [6.45, 7) is 4.18. The van der Waals surface area contributed by atoms with Crippen LogP contribution >= 0.6 is 0 Å². The predicted octanol–water partition coefficient (Wildman–Crippen LogP) is 5.40. The number of hydrogen-bond acceptors (Lipinski definition) is 5. The molecule has 2 aromatic rings. The fourth-order valence-electron chi connectivity index (χ4n) is 4.24. The van der Waals surface area contributed by atoms with Gasteiger partial charge in [0.1, 0.15) is 11.5 Å². The van der Waals surface area contributed by atoms with Crippen LogP contribution in [0.25, 0.3) is 0 Å². The van der Waals surface area contributed by atoms with Crippen molar-refractivity contribution in [3.63, 3.8) is 0 Å². The first kappa shape index (κ1) is 20.9. The Balaban J connectivity index is 1.76. The summed E-state index contributed by atoms with van der Waals surface area (Å²) in [6.07, 6.45) is 2.85. The number of benzene rings is 2. The fourth-order valence-corrected chi connectivity index (χ4v) is 4.24. The molecule has 1 heterocycles. The maximum absolute atomic E-state index is 13.0. The molecule has 0 saturated carbocycles. The second kappa shape index (κ2) is 9.21. The second-order valence-corrected chi connectivity index (χ2v) is 7.89. The summed E-state index contributed by atoms with van der Waals surface area (Å²) in [5.74, 6) is 0.629. The number of dihydropyridines is 1. The van der Waals surface area contributed by atoms with Gasteiger partial charge in [0.05, 0.1) is 12.2 Å². The molecule has 0 fully saturated rings. The molecule has 1 unspecified atom stereocenters. The normalized spacial score (nSPS) is 18.4. The Hall–Kier alpha value is -3.34. The van der Waals surface area contributed by atoms with Crippen LogP contribution in [0.3, 0.4) is 0 Å². The van der Waals surface area contributed by atoms with Crippen molar-refractivity contribution in [2.75, 3.05) is 6.61 Å². The number of para-hydroxylation sites is 1. The molecule has 0 saturated heterocycles. The van der Waals surface area contributed by atoms with Gasteiger partial charge in [-0.15, -0.1) is 0 Å². The van der Waals surface area contributed by atoms with Gasteiger partial charge in [-0.05, 0) is 56.0 Å². The Morgan fingerprint density at radius 1 is 1.06 bits per heavy atom. The summed E-state index contributed by atoms with van der Waals surface area (Å²) in [4.78, 5) is 26.0. The summed E-state index contributed by atoms with van der Waals surface area (Å²) in [7, 11) is 0. The standard InChI is InChI=1S/C26H27NO4/c1-3-15-30-26(29)23-17(2)27-21-13-8-14-22(28)25(21)24(23)18-9-7-12-20(16-18)31-19-10-5-4-6-11-19/h4-7,9-12,16,24,27H,3,8,13-15H2,1-2H3. The van der Waals surface area contributed by atoms with Crippen LogP contribution in [0.4, 0.5) is 0 Å². The third kappa shape index (κ3) is 4.41. The summed E-state index contributed by atoms with van der Waals surface area (Å²) < 4.78 is 11.5. The molecule has 0 aromatic heterocycles. The average Bonchev–Trinajstić information content (AvgIpc) is 2.77. The number of rotatable bonds is 6. The highest BCUT2D eigenvalue weighted by Crippen LogP contribution is 2.43. The molecule has 1 atom stereocenters. The van der Waals surface area contributed by atoms with Gasteiger partial charge in [0, 0.05) is 29.3 Å². The molecular formula is C26H27NO4. The molecule has 0 bridgehead atoms. The van der Waals surface area contributed by atoms with Crippen LogP contribution in [0, 0.1) is 0 Å². The highest BCUT2D eigenvalue weighted by molar-refractivity contribution is 6.03. The lowest BCUT2D eigenvalue weighted by Crippen LogP contribution is -2.34. The van der Waals surface area contributed by atoms with Gasteiger partial charge < -0.3 is 14.8 Å². The molecule has 2 aliphatic rings.